The lowest BCUT2D eigenvalue weighted by Crippen LogP contribution is -2.39. The molecule has 2 aromatic rings. The number of likely N-dealkylation sites (N-methyl/N-ethyl adjacent to an activating group) is 1. The van der Waals surface area contributed by atoms with E-state index in [9.17, 15) is 9.59 Å². The lowest BCUT2D eigenvalue weighted by Gasteiger charge is -2.23. The molecule has 1 saturated heterocycles. The predicted molar refractivity (Wildman–Crippen MR) is 117 cm³/mol. The van der Waals surface area contributed by atoms with Gasteiger partial charge < -0.3 is 15.0 Å². The number of hydrogen-bond donors (Lipinski definition) is 1. The van der Waals surface area contributed by atoms with Gasteiger partial charge in [0.25, 0.3) is 5.91 Å². The molecule has 0 aliphatic carbocycles. The Kier molecular flexibility index (Phi) is 6.82. The van der Waals surface area contributed by atoms with Crippen LogP contribution in [0.3, 0.4) is 0 Å². The number of thiocarbonyl (C=S) groups is 1. The summed E-state index contributed by atoms with van der Waals surface area (Å²) in [5.41, 5.74) is 1.82. The van der Waals surface area contributed by atoms with Gasteiger partial charge in [-0.3, -0.25) is 14.5 Å². The number of carbonyl (C=O) groups excluding carboxylic acids is 2. The molecule has 1 heterocycles. The van der Waals surface area contributed by atoms with E-state index < -0.39 is 6.04 Å². The highest BCUT2D eigenvalue weighted by molar-refractivity contribution is 7.80. The van der Waals surface area contributed by atoms with Crippen molar-refractivity contribution < 1.29 is 14.3 Å². The molecule has 0 saturated carbocycles. The molecule has 7 heteroatoms. The molecule has 2 amide bonds. The molecule has 0 spiro atoms. The number of carbonyl (C=O) groups is 2. The number of hydrogen-bond acceptors (Lipinski definition) is 4. The standard InChI is InChI=1S/C22H25N3O3S/c1-3-28-18-11-9-17(10-12-18)23-20(26)15-19-21(27)24(2)22(29)25(19)14-13-16-7-5-4-6-8-16/h4-12,19H,3,13-15H2,1-2H3,(H,23,26)/t19-/m1/s1. The first-order chi connectivity index (χ1) is 14.0. The van der Waals surface area contributed by atoms with E-state index in [2.05, 4.69) is 5.32 Å². The highest BCUT2D eigenvalue weighted by Gasteiger charge is 2.41. The monoisotopic (exact) mass is 411 g/mol. The van der Waals surface area contributed by atoms with Crippen molar-refractivity contribution in [2.75, 3.05) is 25.5 Å². The van der Waals surface area contributed by atoms with Gasteiger partial charge in [-0.05, 0) is 55.4 Å². The van der Waals surface area contributed by atoms with E-state index in [1.807, 2.05) is 42.2 Å². The summed E-state index contributed by atoms with van der Waals surface area (Å²) in [5.74, 6) is 0.371. The van der Waals surface area contributed by atoms with E-state index in [1.54, 1.807) is 31.3 Å². The molecule has 29 heavy (non-hydrogen) atoms. The van der Waals surface area contributed by atoms with Crippen LogP contribution in [-0.2, 0) is 16.0 Å². The van der Waals surface area contributed by atoms with Crippen molar-refractivity contribution >= 4 is 34.8 Å². The topological polar surface area (TPSA) is 61.9 Å². The average Bonchev–Trinajstić information content (AvgIpc) is 2.92. The summed E-state index contributed by atoms with van der Waals surface area (Å²) < 4.78 is 5.40. The van der Waals surface area contributed by atoms with Crippen molar-refractivity contribution in [3.05, 3.63) is 60.2 Å². The maximum atomic E-state index is 12.6. The summed E-state index contributed by atoms with van der Waals surface area (Å²) in [6, 6.07) is 16.6. The second-order valence-corrected chi connectivity index (χ2v) is 7.20. The van der Waals surface area contributed by atoms with Gasteiger partial charge in [-0.25, -0.2) is 0 Å². The fourth-order valence-corrected chi connectivity index (χ4v) is 3.62. The van der Waals surface area contributed by atoms with Crippen LogP contribution < -0.4 is 10.1 Å². The van der Waals surface area contributed by atoms with Gasteiger partial charge in [-0.15, -0.1) is 0 Å². The second kappa shape index (κ2) is 9.52. The van der Waals surface area contributed by atoms with Crippen molar-refractivity contribution in [3.8, 4) is 5.75 Å². The normalized spacial score (nSPS) is 16.3. The Morgan fingerprint density at radius 3 is 2.48 bits per heavy atom. The zero-order chi connectivity index (χ0) is 20.8. The maximum Gasteiger partial charge on any atom is 0.251 e. The van der Waals surface area contributed by atoms with Gasteiger partial charge >= 0.3 is 0 Å². The van der Waals surface area contributed by atoms with Crippen molar-refractivity contribution in [1.29, 1.82) is 0 Å². The third kappa shape index (κ3) is 5.12. The maximum absolute atomic E-state index is 12.6. The molecule has 0 aromatic heterocycles. The largest absolute Gasteiger partial charge is 0.494 e. The fourth-order valence-electron chi connectivity index (χ4n) is 3.31. The first-order valence-corrected chi connectivity index (χ1v) is 10.0. The Morgan fingerprint density at radius 2 is 1.83 bits per heavy atom. The van der Waals surface area contributed by atoms with E-state index in [4.69, 9.17) is 17.0 Å². The predicted octanol–water partition coefficient (Wildman–Crippen LogP) is 3.08. The van der Waals surface area contributed by atoms with Gasteiger partial charge in [0.05, 0.1) is 13.0 Å². The number of anilines is 1. The molecule has 1 aliphatic rings. The van der Waals surface area contributed by atoms with Crippen molar-refractivity contribution in [2.24, 2.45) is 0 Å². The molecule has 152 valence electrons. The van der Waals surface area contributed by atoms with Gasteiger partial charge in [0.15, 0.2) is 5.11 Å². The first-order valence-electron chi connectivity index (χ1n) is 9.64. The summed E-state index contributed by atoms with van der Waals surface area (Å²) in [7, 11) is 1.66. The summed E-state index contributed by atoms with van der Waals surface area (Å²) >= 11 is 5.44. The zero-order valence-corrected chi connectivity index (χ0v) is 17.4. The molecule has 3 rings (SSSR count). The second-order valence-electron chi connectivity index (χ2n) is 6.83. The highest BCUT2D eigenvalue weighted by atomic mass is 32.1. The van der Waals surface area contributed by atoms with Gasteiger partial charge in [-0.2, -0.15) is 0 Å². The molecule has 1 N–H and O–H groups in total. The number of amides is 2. The number of nitrogens with one attached hydrogen (secondary N) is 1. The Labute approximate surface area is 176 Å². The van der Waals surface area contributed by atoms with Crippen molar-refractivity contribution in [3.63, 3.8) is 0 Å². The third-order valence-electron chi connectivity index (χ3n) is 4.84. The van der Waals surface area contributed by atoms with Crippen LogP contribution in [0.2, 0.25) is 0 Å². The lowest BCUT2D eigenvalue weighted by molar-refractivity contribution is -0.130. The average molecular weight is 412 g/mol. The molecule has 0 bridgehead atoms. The van der Waals surface area contributed by atoms with Crippen LogP contribution in [0.1, 0.15) is 18.9 Å². The fraction of sp³-hybridized carbons (Fsp3) is 0.318. The number of nitrogens with zero attached hydrogens (tertiary/aromatic N) is 2. The molecule has 0 radical (unpaired) electrons. The third-order valence-corrected chi connectivity index (χ3v) is 5.34. The summed E-state index contributed by atoms with van der Waals surface area (Å²) in [6.07, 6.45) is 0.796. The van der Waals surface area contributed by atoms with Gasteiger partial charge in [0, 0.05) is 19.3 Å². The molecular weight excluding hydrogens is 386 g/mol. The Balaban J connectivity index is 1.63. The van der Waals surface area contributed by atoms with Crippen LogP contribution in [0, 0.1) is 0 Å². The highest BCUT2D eigenvalue weighted by Crippen LogP contribution is 2.21. The van der Waals surface area contributed by atoms with Gasteiger partial charge in [-0.1, -0.05) is 30.3 Å². The molecule has 0 unspecified atom stereocenters. The van der Waals surface area contributed by atoms with Crippen LogP contribution >= 0.6 is 12.2 Å². The summed E-state index contributed by atoms with van der Waals surface area (Å²) in [4.78, 5) is 28.5. The van der Waals surface area contributed by atoms with Crippen LogP contribution in [0.15, 0.2) is 54.6 Å². The minimum Gasteiger partial charge on any atom is -0.494 e. The van der Waals surface area contributed by atoms with E-state index >= 15 is 0 Å². The SMILES string of the molecule is CCOc1ccc(NC(=O)C[C@@H]2C(=O)N(C)C(=S)N2CCc2ccccc2)cc1. The van der Waals surface area contributed by atoms with Crippen molar-refractivity contribution in [2.45, 2.75) is 25.8 Å². The summed E-state index contributed by atoms with van der Waals surface area (Å²) in [5, 5.41) is 3.31. The number of ether oxygens (including phenoxy) is 1. The number of rotatable bonds is 8. The number of benzene rings is 2. The minimum absolute atomic E-state index is 0.0469. The van der Waals surface area contributed by atoms with Crippen LogP contribution in [-0.4, -0.2) is 53.0 Å². The van der Waals surface area contributed by atoms with Gasteiger partial charge in [0.2, 0.25) is 5.91 Å². The lowest BCUT2D eigenvalue weighted by atomic mass is 10.1. The first kappa shape index (κ1) is 20.8. The van der Waals surface area contributed by atoms with Gasteiger partial charge in [0.1, 0.15) is 11.8 Å². The van der Waals surface area contributed by atoms with E-state index in [0.29, 0.717) is 24.0 Å². The van der Waals surface area contributed by atoms with Crippen LogP contribution in [0.25, 0.3) is 0 Å². The molecule has 2 aromatic carbocycles. The Bertz CT molecular complexity index is 871. The van der Waals surface area contributed by atoms with Crippen molar-refractivity contribution in [1.82, 2.24) is 9.80 Å². The minimum atomic E-state index is -0.584. The van der Waals surface area contributed by atoms with E-state index in [-0.39, 0.29) is 18.2 Å². The van der Waals surface area contributed by atoms with Crippen LogP contribution in [0.5, 0.6) is 5.75 Å². The molecule has 1 fully saturated rings. The molecule has 1 aliphatic heterocycles. The molecular formula is C22H25N3O3S. The van der Waals surface area contributed by atoms with E-state index in [1.165, 1.54) is 4.90 Å². The zero-order valence-electron chi connectivity index (χ0n) is 16.6. The van der Waals surface area contributed by atoms with E-state index in [0.717, 1.165) is 17.7 Å². The molecule has 1 atom stereocenters. The van der Waals surface area contributed by atoms with Crippen LogP contribution in [0.4, 0.5) is 5.69 Å². The smallest absolute Gasteiger partial charge is 0.251 e. The Morgan fingerprint density at radius 1 is 1.14 bits per heavy atom. The quantitative estimate of drug-likeness (QED) is 0.677. The molecule has 6 nitrogen and oxygen atoms in total. The Hall–Kier alpha value is -2.93. The summed E-state index contributed by atoms with van der Waals surface area (Å²) in [6.45, 7) is 3.08.